The molecule has 0 aliphatic heterocycles. The third kappa shape index (κ3) is 6.37. The van der Waals surface area contributed by atoms with Gasteiger partial charge in [0.15, 0.2) is 0 Å². The van der Waals surface area contributed by atoms with Crippen LogP contribution in [0.4, 0.5) is 13.2 Å². The van der Waals surface area contributed by atoms with Crippen molar-refractivity contribution in [3.8, 4) is 0 Å². The van der Waals surface area contributed by atoms with Crippen LogP contribution in [0.3, 0.4) is 0 Å². The van der Waals surface area contributed by atoms with Gasteiger partial charge >= 0.3 is 6.18 Å². The van der Waals surface area contributed by atoms with Crippen LogP contribution in [-0.4, -0.2) is 31.2 Å². The number of hydrogen-bond acceptors (Lipinski definition) is 3. The molecule has 0 saturated carbocycles. The first kappa shape index (κ1) is 15.5. The molecule has 1 N–H and O–H groups in total. The number of rotatable bonds is 7. The highest BCUT2D eigenvalue weighted by atomic mass is 32.1. The van der Waals surface area contributed by atoms with E-state index in [4.69, 9.17) is 0 Å². The zero-order valence-electron chi connectivity index (χ0n) is 10.7. The van der Waals surface area contributed by atoms with Crippen LogP contribution in [0.15, 0.2) is 12.1 Å². The van der Waals surface area contributed by atoms with E-state index in [1.807, 2.05) is 19.1 Å². The summed E-state index contributed by atoms with van der Waals surface area (Å²) in [5, 5.41) is 3.22. The third-order valence-electron chi connectivity index (χ3n) is 2.47. The maximum absolute atomic E-state index is 12.1. The molecule has 0 amide bonds. The number of thiophene rings is 1. The quantitative estimate of drug-likeness (QED) is 0.825. The summed E-state index contributed by atoms with van der Waals surface area (Å²) in [5.74, 6) is 0. The second kappa shape index (κ2) is 7.11. The lowest BCUT2D eigenvalue weighted by molar-refractivity contribution is -0.137. The van der Waals surface area contributed by atoms with Gasteiger partial charge in [0.1, 0.15) is 0 Å². The van der Waals surface area contributed by atoms with Crippen molar-refractivity contribution >= 4 is 11.3 Å². The van der Waals surface area contributed by atoms with E-state index in [0.717, 1.165) is 18.0 Å². The van der Waals surface area contributed by atoms with Gasteiger partial charge in [0.05, 0.1) is 6.42 Å². The van der Waals surface area contributed by atoms with E-state index in [9.17, 15) is 13.2 Å². The largest absolute Gasteiger partial charge is 0.390 e. The topological polar surface area (TPSA) is 15.3 Å². The Morgan fingerprint density at radius 2 is 1.94 bits per heavy atom. The highest BCUT2D eigenvalue weighted by molar-refractivity contribution is 7.11. The molecule has 0 fully saturated rings. The lowest BCUT2D eigenvalue weighted by Crippen LogP contribution is -2.23. The number of hydrogen-bond donors (Lipinski definition) is 1. The molecular weight excluding hydrogens is 261 g/mol. The second-order valence-electron chi connectivity index (χ2n) is 4.25. The van der Waals surface area contributed by atoms with Gasteiger partial charge in [0, 0.05) is 29.4 Å². The molecule has 0 saturated heterocycles. The van der Waals surface area contributed by atoms with E-state index < -0.39 is 12.6 Å². The Hall–Kier alpha value is -0.590. The Bertz CT molecular complexity index is 349. The smallest absolute Gasteiger partial charge is 0.312 e. The van der Waals surface area contributed by atoms with Crippen molar-refractivity contribution < 1.29 is 13.2 Å². The first-order chi connectivity index (χ1) is 8.40. The van der Waals surface area contributed by atoms with Crippen molar-refractivity contribution in [1.82, 2.24) is 10.2 Å². The minimum Gasteiger partial charge on any atom is -0.312 e. The van der Waals surface area contributed by atoms with E-state index in [-0.39, 0.29) is 6.54 Å². The monoisotopic (exact) mass is 280 g/mol. The predicted molar refractivity (Wildman–Crippen MR) is 68.7 cm³/mol. The number of halogens is 3. The molecule has 0 aliphatic carbocycles. The van der Waals surface area contributed by atoms with Crippen LogP contribution in [0.1, 0.15) is 23.1 Å². The van der Waals surface area contributed by atoms with Crippen molar-refractivity contribution in [2.24, 2.45) is 0 Å². The van der Waals surface area contributed by atoms with Crippen LogP contribution in [-0.2, 0) is 13.1 Å². The predicted octanol–water partition coefficient (Wildman–Crippen LogP) is 3.24. The first-order valence-electron chi connectivity index (χ1n) is 5.94. The van der Waals surface area contributed by atoms with Gasteiger partial charge in [0.2, 0.25) is 0 Å². The third-order valence-corrected chi connectivity index (χ3v) is 3.54. The molecule has 2 nitrogen and oxygen atoms in total. The molecule has 6 heteroatoms. The summed E-state index contributed by atoms with van der Waals surface area (Å²) in [6.45, 7) is 4.41. The molecular formula is C12H19F3N2S. The van der Waals surface area contributed by atoms with E-state index in [2.05, 4.69) is 5.32 Å². The van der Waals surface area contributed by atoms with Crippen LogP contribution in [0.25, 0.3) is 0 Å². The molecule has 0 atom stereocenters. The van der Waals surface area contributed by atoms with Crippen molar-refractivity contribution in [2.45, 2.75) is 32.6 Å². The van der Waals surface area contributed by atoms with Crippen LogP contribution in [0, 0.1) is 0 Å². The first-order valence-corrected chi connectivity index (χ1v) is 6.76. The summed E-state index contributed by atoms with van der Waals surface area (Å²) in [6, 6.07) is 4.02. The lowest BCUT2D eigenvalue weighted by Gasteiger charge is -2.16. The minimum absolute atomic E-state index is 0.0456. The van der Waals surface area contributed by atoms with E-state index in [1.54, 1.807) is 23.3 Å². The SMILES string of the molecule is CCNCc1ccc(CN(C)CCC(F)(F)F)s1. The summed E-state index contributed by atoms with van der Waals surface area (Å²) in [6.07, 6.45) is -4.82. The molecule has 18 heavy (non-hydrogen) atoms. The normalized spacial score (nSPS) is 12.3. The molecule has 104 valence electrons. The fourth-order valence-electron chi connectivity index (χ4n) is 1.51. The molecule has 0 unspecified atom stereocenters. The number of nitrogens with zero attached hydrogens (tertiary/aromatic N) is 1. The molecule has 1 rings (SSSR count). The molecule has 0 aromatic carbocycles. The summed E-state index contributed by atoms with van der Waals surface area (Å²) in [5.41, 5.74) is 0. The molecule has 1 aromatic rings. The summed E-state index contributed by atoms with van der Waals surface area (Å²) in [4.78, 5) is 4.03. The number of alkyl halides is 3. The molecule has 1 heterocycles. The van der Waals surface area contributed by atoms with Gasteiger partial charge in [-0.05, 0) is 25.7 Å². The van der Waals surface area contributed by atoms with Crippen molar-refractivity contribution in [2.75, 3.05) is 20.1 Å². The van der Waals surface area contributed by atoms with E-state index >= 15 is 0 Å². The van der Waals surface area contributed by atoms with E-state index in [0.29, 0.717) is 6.54 Å². The highest BCUT2D eigenvalue weighted by Crippen LogP contribution is 2.21. The lowest BCUT2D eigenvalue weighted by atomic mass is 10.3. The Morgan fingerprint density at radius 3 is 2.56 bits per heavy atom. The second-order valence-corrected chi connectivity index (χ2v) is 5.50. The maximum atomic E-state index is 12.1. The van der Waals surface area contributed by atoms with Crippen LogP contribution >= 0.6 is 11.3 Å². The Labute approximate surface area is 110 Å². The maximum Gasteiger partial charge on any atom is 0.390 e. The fourth-order valence-corrected chi connectivity index (χ4v) is 2.58. The van der Waals surface area contributed by atoms with Crippen molar-refractivity contribution in [3.05, 3.63) is 21.9 Å². The highest BCUT2D eigenvalue weighted by Gasteiger charge is 2.27. The Morgan fingerprint density at radius 1 is 1.28 bits per heavy atom. The van der Waals surface area contributed by atoms with Gasteiger partial charge in [-0.2, -0.15) is 13.2 Å². The Balaban J connectivity index is 2.35. The fraction of sp³-hybridized carbons (Fsp3) is 0.667. The molecule has 0 aliphatic rings. The minimum atomic E-state index is -4.07. The van der Waals surface area contributed by atoms with Gasteiger partial charge in [-0.1, -0.05) is 6.92 Å². The summed E-state index contributed by atoms with van der Waals surface area (Å²) >= 11 is 1.65. The average Bonchev–Trinajstić information content (AvgIpc) is 2.70. The van der Waals surface area contributed by atoms with Gasteiger partial charge in [-0.15, -0.1) is 11.3 Å². The van der Waals surface area contributed by atoms with Crippen LogP contribution in [0.5, 0.6) is 0 Å². The number of nitrogens with one attached hydrogen (secondary N) is 1. The standard InChI is InChI=1S/C12H19F3N2S/c1-3-16-8-10-4-5-11(18-10)9-17(2)7-6-12(13,14)15/h4-5,16H,3,6-9H2,1-2H3. The molecule has 0 spiro atoms. The summed E-state index contributed by atoms with van der Waals surface area (Å²) < 4.78 is 36.2. The zero-order valence-corrected chi connectivity index (χ0v) is 11.5. The zero-order chi connectivity index (χ0) is 13.6. The Kier molecular flexibility index (Phi) is 6.11. The van der Waals surface area contributed by atoms with Crippen LogP contribution in [0.2, 0.25) is 0 Å². The van der Waals surface area contributed by atoms with Gasteiger partial charge in [-0.25, -0.2) is 0 Å². The molecule has 0 radical (unpaired) electrons. The van der Waals surface area contributed by atoms with E-state index in [1.165, 1.54) is 4.88 Å². The van der Waals surface area contributed by atoms with Crippen molar-refractivity contribution in [3.63, 3.8) is 0 Å². The molecule has 0 bridgehead atoms. The van der Waals surface area contributed by atoms with Gasteiger partial charge < -0.3 is 10.2 Å². The van der Waals surface area contributed by atoms with Crippen LogP contribution < -0.4 is 5.32 Å². The van der Waals surface area contributed by atoms with Gasteiger partial charge in [-0.3, -0.25) is 0 Å². The van der Waals surface area contributed by atoms with Gasteiger partial charge in [0.25, 0.3) is 0 Å². The average molecular weight is 280 g/mol. The summed E-state index contributed by atoms with van der Waals surface area (Å²) in [7, 11) is 1.72. The molecule has 1 aromatic heterocycles. The van der Waals surface area contributed by atoms with Crippen molar-refractivity contribution in [1.29, 1.82) is 0 Å².